The van der Waals surface area contributed by atoms with Crippen LogP contribution in [0.2, 0.25) is 0 Å². The Morgan fingerprint density at radius 2 is 2.17 bits per heavy atom. The topological polar surface area (TPSA) is 110 Å². The van der Waals surface area contributed by atoms with Crippen LogP contribution in [0, 0.1) is 23.0 Å². The molecule has 126 valence electrons. The minimum absolute atomic E-state index is 0.0381. The number of nitrogens with two attached hydrogens (primary N) is 1. The van der Waals surface area contributed by atoms with Crippen LogP contribution in [0.1, 0.15) is 31.2 Å². The molecular formula is C16H24N4O3. The molecule has 7 heteroatoms. The maximum absolute atomic E-state index is 11.9. The van der Waals surface area contributed by atoms with Gasteiger partial charge in [0.15, 0.2) is 0 Å². The molecule has 0 aromatic heterocycles. The van der Waals surface area contributed by atoms with Gasteiger partial charge in [-0.05, 0) is 44.2 Å². The summed E-state index contributed by atoms with van der Waals surface area (Å²) in [7, 11) is 0. The van der Waals surface area contributed by atoms with E-state index >= 15 is 0 Å². The quantitative estimate of drug-likeness (QED) is 0.404. The SMILES string of the molecule is Cc1ccc(NCCCNC(=O)C2CCC(N)C2)c([N+](=O)[O-])c1. The summed E-state index contributed by atoms with van der Waals surface area (Å²) >= 11 is 0. The third kappa shape index (κ3) is 4.92. The second-order valence-electron chi connectivity index (χ2n) is 6.12. The van der Waals surface area contributed by atoms with Crippen LogP contribution in [0.3, 0.4) is 0 Å². The normalized spacial score (nSPS) is 20.3. The van der Waals surface area contributed by atoms with Crippen molar-refractivity contribution in [3.05, 3.63) is 33.9 Å². The van der Waals surface area contributed by atoms with Gasteiger partial charge in [0.1, 0.15) is 5.69 Å². The molecule has 2 unspecified atom stereocenters. The van der Waals surface area contributed by atoms with Crippen molar-refractivity contribution in [3.8, 4) is 0 Å². The number of carbonyl (C=O) groups is 1. The summed E-state index contributed by atoms with van der Waals surface area (Å²) in [4.78, 5) is 22.6. The number of nitro benzene ring substituents is 1. The molecular weight excluding hydrogens is 296 g/mol. The summed E-state index contributed by atoms with van der Waals surface area (Å²) in [6.07, 6.45) is 3.24. The molecule has 1 aromatic rings. The largest absolute Gasteiger partial charge is 0.379 e. The zero-order valence-electron chi connectivity index (χ0n) is 13.4. The molecule has 0 radical (unpaired) electrons. The number of aryl methyl sites for hydroxylation is 1. The van der Waals surface area contributed by atoms with Crippen molar-refractivity contribution in [1.82, 2.24) is 5.32 Å². The average molecular weight is 320 g/mol. The molecule has 0 bridgehead atoms. The average Bonchev–Trinajstić information content (AvgIpc) is 2.94. The van der Waals surface area contributed by atoms with Crippen molar-refractivity contribution in [2.45, 2.75) is 38.6 Å². The summed E-state index contributed by atoms with van der Waals surface area (Å²) in [6.45, 7) is 2.94. The Bertz CT molecular complexity index is 576. The Morgan fingerprint density at radius 1 is 1.39 bits per heavy atom. The molecule has 0 saturated heterocycles. The number of amides is 1. The molecule has 1 saturated carbocycles. The number of hydrogen-bond acceptors (Lipinski definition) is 5. The monoisotopic (exact) mass is 320 g/mol. The standard InChI is InChI=1S/C16H24N4O3/c1-11-3-6-14(15(9-11)20(22)23)18-7-2-8-19-16(21)12-4-5-13(17)10-12/h3,6,9,12-13,18H,2,4-5,7-8,10,17H2,1H3,(H,19,21). The van der Waals surface area contributed by atoms with E-state index in [-0.39, 0.29) is 28.5 Å². The fourth-order valence-electron chi connectivity index (χ4n) is 2.86. The van der Waals surface area contributed by atoms with Gasteiger partial charge in [0, 0.05) is 31.1 Å². The van der Waals surface area contributed by atoms with E-state index in [1.807, 2.05) is 13.0 Å². The Balaban J connectivity index is 1.71. The highest BCUT2D eigenvalue weighted by Gasteiger charge is 2.27. The highest BCUT2D eigenvalue weighted by atomic mass is 16.6. The first-order chi connectivity index (χ1) is 11.0. The minimum Gasteiger partial charge on any atom is -0.379 e. The summed E-state index contributed by atoms with van der Waals surface area (Å²) in [5, 5.41) is 17.0. The van der Waals surface area contributed by atoms with Crippen LogP contribution >= 0.6 is 0 Å². The summed E-state index contributed by atoms with van der Waals surface area (Å²) in [5.74, 6) is 0.107. The molecule has 4 N–H and O–H groups in total. The van der Waals surface area contributed by atoms with Crippen LogP contribution in [0.4, 0.5) is 11.4 Å². The first-order valence-electron chi connectivity index (χ1n) is 7.99. The fourth-order valence-corrected chi connectivity index (χ4v) is 2.86. The van der Waals surface area contributed by atoms with E-state index in [9.17, 15) is 14.9 Å². The van der Waals surface area contributed by atoms with Crippen molar-refractivity contribution >= 4 is 17.3 Å². The highest BCUT2D eigenvalue weighted by molar-refractivity contribution is 5.78. The molecule has 1 aliphatic carbocycles. The third-order valence-electron chi connectivity index (χ3n) is 4.16. The second-order valence-corrected chi connectivity index (χ2v) is 6.12. The van der Waals surface area contributed by atoms with Crippen LogP contribution in [-0.4, -0.2) is 30.0 Å². The van der Waals surface area contributed by atoms with Gasteiger partial charge in [0.05, 0.1) is 4.92 Å². The van der Waals surface area contributed by atoms with Gasteiger partial charge in [-0.3, -0.25) is 14.9 Å². The smallest absolute Gasteiger partial charge is 0.292 e. The number of anilines is 1. The first kappa shape index (κ1) is 17.2. The van der Waals surface area contributed by atoms with E-state index in [0.29, 0.717) is 25.2 Å². The molecule has 0 aliphatic heterocycles. The number of hydrogen-bond donors (Lipinski definition) is 3. The van der Waals surface area contributed by atoms with Crippen LogP contribution < -0.4 is 16.4 Å². The highest BCUT2D eigenvalue weighted by Crippen LogP contribution is 2.25. The number of nitrogens with zero attached hydrogens (tertiary/aromatic N) is 1. The maximum Gasteiger partial charge on any atom is 0.292 e. The lowest BCUT2D eigenvalue weighted by Gasteiger charge is -2.11. The van der Waals surface area contributed by atoms with Crippen molar-refractivity contribution in [1.29, 1.82) is 0 Å². The zero-order chi connectivity index (χ0) is 16.8. The lowest BCUT2D eigenvalue weighted by atomic mass is 10.1. The fraction of sp³-hybridized carbons (Fsp3) is 0.562. The van der Waals surface area contributed by atoms with Crippen LogP contribution in [0.15, 0.2) is 18.2 Å². The Labute approximate surface area is 135 Å². The van der Waals surface area contributed by atoms with E-state index in [0.717, 1.165) is 24.8 Å². The Morgan fingerprint density at radius 3 is 2.83 bits per heavy atom. The van der Waals surface area contributed by atoms with Crippen molar-refractivity contribution < 1.29 is 9.72 Å². The van der Waals surface area contributed by atoms with Gasteiger partial charge in [-0.2, -0.15) is 0 Å². The summed E-state index contributed by atoms with van der Waals surface area (Å²) in [6, 6.07) is 5.24. The van der Waals surface area contributed by atoms with Crippen LogP contribution in [0.5, 0.6) is 0 Å². The zero-order valence-corrected chi connectivity index (χ0v) is 13.4. The van der Waals surface area contributed by atoms with Gasteiger partial charge >= 0.3 is 0 Å². The predicted octanol–water partition coefficient (Wildman–Crippen LogP) is 1.95. The van der Waals surface area contributed by atoms with E-state index < -0.39 is 0 Å². The van der Waals surface area contributed by atoms with Crippen molar-refractivity contribution in [3.63, 3.8) is 0 Å². The molecule has 1 aromatic carbocycles. The number of nitrogens with one attached hydrogen (secondary N) is 2. The number of rotatable bonds is 7. The molecule has 1 amide bonds. The Hall–Kier alpha value is -2.15. The minimum atomic E-state index is -0.388. The molecule has 7 nitrogen and oxygen atoms in total. The molecule has 2 rings (SSSR count). The molecule has 0 heterocycles. The van der Waals surface area contributed by atoms with Gasteiger partial charge in [-0.15, -0.1) is 0 Å². The van der Waals surface area contributed by atoms with E-state index in [2.05, 4.69) is 10.6 Å². The molecule has 0 spiro atoms. The number of nitro groups is 1. The van der Waals surface area contributed by atoms with Crippen LogP contribution in [0.25, 0.3) is 0 Å². The van der Waals surface area contributed by atoms with E-state index in [1.54, 1.807) is 12.1 Å². The molecule has 2 atom stereocenters. The lowest BCUT2D eigenvalue weighted by molar-refractivity contribution is -0.384. The number of carbonyl (C=O) groups excluding carboxylic acids is 1. The Kier molecular flexibility index (Phi) is 5.92. The van der Waals surface area contributed by atoms with Gasteiger partial charge in [-0.25, -0.2) is 0 Å². The van der Waals surface area contributed by atoms with Gasteiger partial charge < -0.3 is 16.4 Å². The van der Waals surface area contributed by atoms with Gasteiger partial charge in [0.2, 0.25) is 5.91 Å². The first-order valence-corrected chi connectivity index (χ1v) is 7.99. The molecule has 1 aliphatic rings. The summed E-state index contributed by atoms with van der Waals surface area (Å²) < 4.78 is 0. The molecule has 23 heavy (non-hydrogen) atoms. The predicted molar refractivity (Wildman–Crippen MR) is 89.3 cm³/mol. The second kappa shape index (κ2) is 7.92. The maximum atomic E-state index is 11.9. The van der Waals surface area contributed by atoms with Gasteiger partial charge in [0.25, 0.3) is 5.69 Å². The van der Waals surface area contributed by atoms with E-state index in [4.69, 9.17) is 5.73 Å². The van der Waals surface area contributed by atoms with Crippen molar-refractivity contribution in [2.75, 3.05) is 18.4 Å². The lowest BCUT2D eigenvalue weighted by Crippen LogP contribution is -2.31. The summed E-state index contributed by atoms with van der Waals surface area (Å²) in [5.41, 5.74) is 7.24. The van der Waals surface area contributed by atoms with E-state index in [1.165, 1.54) is 0 Å². The van der Waals surface area contributed by atoms with Crippen LogP contribution in [-0.2, 0) is 4.79 Å². The third-order valence-corrected chi connectivity index (χ3v) is 4.16. The number of benzene rings is 1. The van der Waals surface area contributed by atoms with Gasteiger partial charge in [-0.1, -0.05) is 6.07 Å². The van der Waals surface area contributed by atoms with Crippen molar-refractivity contribution in [2.24, 2.45) is 11.7 Å². The molecule has 1 fully saturated rings.